The van der Waals surface area contributed by atoms with E-state index in [0.717, 1.165) is 18.4 Å². The lowest BCUT2D eigenvalue weighted by Crippen LogP contribution is -2.42. The van der Waals surface area contributed by atoms with Crippen LogP contribution in [0.25, 0.3) is 0 Å². The summed E-state index contributed by atoms with van der Waals surface area (Å²) in [5.41, 5.74) is 1.52. The lowest BCUT2D eigenvalue weighted by molar-refractivity contribution is -0.141. The normalized spacial score (nSPS) is 11.4. The molecule has 0 unspecified atom stereocenters. The number of unbranched alkanes of at least 4 members (excludes halogenated alkanes) is 3. The highest BCUT2D eigenvalue weighted by atomic mass is 16.5. The Morgan fingerprint density at radius 3 is 1.97 bits per heavy atom. The van der Waals surface area contributed by atoms with Gasteiger partial charge in [0.15, 0.2) is 0 Å². The van der Waals surface area contributed by atoms with E-state index >= 15 is 0 Å². The van der Waals surface area contributed by atoms with Gasteiger partial charge in [-0.1, -0.05) is 37.1 Å². The van der Waals surface area contributed by atoms with Crippen LogP contribution in [0.15, 0.2) is 48.5 Å². The lowest BCUT2D eigenvalue weighted by atomic mass is 10.0. The number of carbonyl (C=O) groups is 4. The molecule has 188 valence electrons. The maximum absolute atomic E-state index is 12.3. The summed E-state index contributed by atoms with van der Waals surface area (Å²) in [7, 11) is 0. The fourth-order valence-electron chi connectivity index (χ4n) is 3.40. The quantitative estimate of drug-likeness (QED) is 0.170. The molecule has 0 saturated heterocycles. The summed E-state index contributed by atoms with van der Waals surface area (Å²) >= 11 is 0. The van der Waals surface area contributed by atoms with Gasteiger partial charge in [0.05, 0.1) is 0 Å². The number of carboxylic acid groups (broad SMARTS) is 2. The number of aryl methyl sites for hydroxylation is 1. The Hall–Kier alpha value is -3.88. The van der Waals surface area contributed by atoms with E-state index in [4.69, 9.17) is 9.84 Å². The molecule has 0 aliphatic carbocycles. The fourth-order valence-corrected chi connectivity index (χ4v) is 3.40. The van der Waals surface area contributed by atoms with Crippen LogP contribution in [0.5, 0.6) is 11.5 Å². The third kappa shape index (κ3) is 11.2. The smallest absolute Gasteiger partial charge is 0.326 e. The summed E-state index contributed by atoms with van der Waals surface area (Å²) in [4.78, 5) is 46.2. The van der Waals surface area contributed by atoms with E-state index in [1.165, 1.54) is 12.1 Å². The number of hydrogen-bond acceptors (Lipinski definition) is 6. The van der Waals surface area contributed by atoms with Crippen molar-refractivity contribution >= 4 is 23.8 Å². The maximum atomic E-state index is 12.3. The number of carbonyl (C=O) groups excluding carboxylic acids is 2. The minimum atomic E-state index is -1.14. The highest BCUT2D eigenvalue weighted by molar-refractivity contribution is 5.83. The van der Waals surface area contributed by atoms with Crippen molar-refractivity contribution < 1.29 is 39.2 Å². The molecule has 4 N–H and O–H groups in total. The number of hydrogen-bond donors (Lipinski definition) is 4. The minimum absolute atomic E-state index is 0.0791. The zero-order valence-electron chi connectivity index (χ0n) is 19.4. The van der Waals surface area contributed by atoms with Gasteiger partial charge in [-0.3, -0.25) is 14.4 Å². The van der Waals surface area contributed by atoms with Crippen LogP contribution in [0.3, 0.4) is 0 Å². The molecule has 35 heavy (non-hydrogen) atoms. The second kappa shape index (κ2) is 14.4. The topological polar surface area (TPSA) is 150 Å². The van der Waals surface area contributed by atoms with E-state index in [2.05, 4.69) is 5.32 Å². The second-order valence-electron chi connectivity index (χ2n) is 8.25. The molecule has 0 aromatic heterocycles. The van der Waals surface area contributed by atoms with Crippen molar-refractivity contribution in [3.8, 4) is 11.5 Å². The van der Waals surface area contributed by atoms with Crippen LogP contribution in [0, 0.1) is 0 Å². The number of esters is 1. The van der Waals surface area contributed by atoms with Gasteiger partial charge in [-0.15, -0.1) is 0 Å². The number of phenolic OH excluding ortho intramolecular Hbond substituents is 1. The van der Waals surface area contributed by atoms with Crippen molar-refractivity contribution in [1.29, 1.82) is 0 Å². The molecule has 0 radical (unpaired) electrons. The fraction of sp³-hybridized carbons (Fsp3) is 0.385. The van der Waals surface area contributed by atoms with Gasteiger partial charge >= 0.3 is 17.9 Å². The minimum Gasteiger partial charge on any atom is -0.508 e. The van der Waals surface area contributed by atoms with Crippen molar-refractivity contribution in [2.45, 2.75) is 63.8 Å². The zero-order chi connectivity index (χ0) is 25.6. The molecular weight excluding hydrogens is 454 g/mol. The number of amides is 1. The van der Waals surface area contributed by atoms with Gasteiger partial charge < -0.3 is 25.4 Å². The van der Waals surface area contributed by atoms with Crippen molar-refractivity contribution in [2.75, 3.05) is 0 Å². The molecule has 9 heteroatoms. The third-order valence-electron chi connectivity index (χ3n) is 5.33. The first-order valence-corrected chi connectivity index (χ1v) is 11.5. The van der Waals surface area contributed by atoms with E-state index in [1.807, 2.05) is 0 Å². The Kier molecular flexibility index (Phi) is 11.3. The van der Waals surface area contributed by atoms with E-state index < -0.39 is 23.9 Å². The highest BCUT2D eigenvalue weighted by Crippen LogP contribution is 2.16. The number of aliphatic carboxylic acids is 2. The summed E-state index contributed by atoms with van der Waals surface area (Å²) in [5.74, 6) is -2.23. The average Bonchev–Trinajstić information content (AvgIpc) is 2.81. The molecule has 0 fully saturated rings. The van der Waals surface area contributed by atoms with Crippen LogP contribution in [0.1, 0.15) is 56.1 Å². The first kappa shape index (κ1) is 27.4. The van der Waals surface area contributed by atoms with Crippen molar-refractivity contribution in [1.82, 2.24) is 5.32 Å². The summed E-state index contributed by atoms with van der Waals surface area (Å²) in [6, 6.07) is 11.8. The Morgan fingerprint density at radius 2 is 1.37 bits per heavy atom. The lowest BCUT2D eigenvalue weighted by Gasteiger charge is -2.15. The third-order valence-corrected chi connectivity index (χ3v) is 5.33. The van der Waals surface area contributed by atoms with Crippen LogP contribution < -0.4 is 10.1 Å². The van der Waals surface area contributed by atoms with Crippen molar-refractivity contribution in [3.63, 3.8) is 0 Å². The predicted molar refractivity (Wildman–Crippen MR) is 127 cm³/mol. The number of phenols is 1. The number of benzene rings is 2. The molecule has 0 aliphatic rings. The molecule has 1 amide bonds. The van der Waals surface area contributed by atoms with E-state index in [9.17, 15) is 29.4 Å². The molecular formula is C26H31NO8. The summed E-state index contributed by atoms with van der Waals surface area (Å²) in [6.45, 7) is 0. The summed E-state index contributed by atoms with van der Waals surface area (Å²) in [6.07, 6.45) is 3.73. The first-order valence-electron chi connectivity index (χ1n) is 11.5. The van der Waals surface area contributed by atoms with Gasteiger partial charge in [-0.05, 0) is 54.7 Å². The zero-order valence-corrected chi connectivity index (χ0v) is 19.4. The van der Waals surface area contributed by atoms with Crippen molar-refractivity contribution in [2.24, 2.45) is 0 Å². The maximum Gasteiger partial charge on any atom is 0.326 e. The molecule has 2 aromatic carbocycles. The van der Waals surface area contributed by atoms with Gasteiger partial charge in [0.2, 0.25) is 5.91 Å². The molecule has 9 nitrogen and oxygen atoms in total. The molecule has 0 aliphatic heterocycles. The van der Waals surface area contributed by atoms with Crippen LogP contribution in [0.4, 0.5) is 0 Å². The SMILES string of the molecule is O=C(O)CCCCCCC(=O)Oc1ccc(CCC(=O)N[C@@H](Cc2ccc(O)cc2)C(=O)O)cc1. The molecule has 1 atom stereocenters. The van der Waals surface area contributed by atoms with Crippen molar-refractivity contribution in [3.05, 3.63) is 59.7 Å². The van der Waals surface area contributed by atoms with E-state index in [-0.39, 0.29) is 37.4 Å². The molecule has 0 saturated carbocycles. The number of carboxylic acids is 2. The molecule has 2 aromatic rings. The van der Waals surface area contributed by atoms with Gasteiger partial charge in [0, 0.05) is 25.7 Å². The Labute approximate surface area is 203 Å². The summed E-state index contributed by atoms with van der Waals surface area (Å²) < 4.78 is 5.29. The molecule has 2 rings (SSSR count). The number of aromatic hydroxyl groups is 1. The highest BCUT2D eigenvalue weighted by Gasteiger charge is 2.20. The Morgan fingerprint density at radius 1 is 0.771 bits per heavy atom. The van der Waals surface area contributed by atoms with Gasteiger partial charge in [0.25, 0.3) is 0 Å². The van der Waals surface area contributed by atoms with Crippen LogP contribution >= 0.6 is 0 Å². The van der Waals surface area contributed by atoms with Gasteiger partial charge in [0.1, 0.15) is 17.5 Å². The number of nitrogens with one attached hydrogen (secondary N) is 1. The number of ether oxygens (including phenoxy) is 1. The molecule has 0 bridgehead atoms. The monoisotopic (exact) mass is 485 g/mol. The van der Waals surface area contributed by atoms with Crippen LogP contribution in [-0.2, 0) is 32.0 Å². The van der Waals surface area contributed by atoms with E-state index in [1.54, 1.807) is 36.4 Å². The molecule has 0 spiro atoms. The first-order chi connectivity index (χ1) is 16.7. The van der Waals surface area contributed by atoms with Crippen LogP contribution in [0.2, 0.25) is 0 Å². The second-order valence-corrected chi connectivity index (χ2v) is 8.25. The molecule has 0 heterocycles. The standard InChI is InChI=1S/C26H31NO8/c28-20-12-7-19(8-13-20)17-22(26(33)34)27-23(29)16-11-18-9-14-21(15-10-18)35-25(32)6-4-2-1-3-5-24(30)31/h7-10,12-15,22,28H,1-6,11,16-17H2,(H,27,29)(H,30,31)(H,33,34)/t22-/m0/s1. The average molecular weight is 486 g/mol. The largest absolute Gasteiger partial charge is 0.508 e. The predicted octanol–water partition coefficient (Wildman–Crippen LogP) is 3.47. The summed E-state index contributed by atoms with van der Waals surface area (Å²) in [5, 5.41) is 29.9. The Bertz CT molecular complexity index is 985. The van der Waals surface area contributed by atoms with Gasteiger partial charge in [-0.25, -0.2) is 4.79 Å². The Balaban J connectivity index is 1.71. The van der Waals surface area contributed by atoms with Crippen LogP contribution in [-0.4, -0.2) is 45.2 Å². The van der Waals surface area contributed by atoms with E-state index in [0.29, 0.717) is 30.6 Å². The number of rotatable bonds is 15. The van der Waals surface area contributed by atoms with Gasteiger partial charge in [-0.2, -0.15) is 0 Å².